The van der Waals surface area contributed by atoms with Crippen LogP contribution in [-0.4, -0.2) is 20.6 Å². The Bertz CT molecular complexity index is 629. The number of hydrogen-bond donors (Lipinski definition) is 1. The highest BCUT2D eigenvalue weighted by Gasteiger charge is 2.12. The van der Waals surface area contributed by atoms with Crippen molar-refractivity contribution < 1.29 is 9.90 Å². The zero-order valence-corrected chi connectivity index (χ0v) is 13.1. The largest absolute Gasteiger partial charge is 0.481 e. The summed E-state index contributed by atoms with van der Waals surface area (Å²) in [5.74, 6) is 0.800. The fourth-order valence-electron chi connectivity index (χ4n) is 2.60. The van der Waals surface area contributed by atoms with Crippen LogP contribution in [0.3, 0.4) is 0 Å². The molecule has 0 bridgehead atoms. The molecule has 0 saturated carbocycles. The first kappa shape index (κ1) is 15.5. The lowest BCUT2D eigenvalue weighted by Gasteiger charge is -2.11. The number of aliphatic carboxylic acids is 1. The van der Waals surface area contributed by atoms with Crippen molar-refractivity contribution in [1.29, 1.82) is 0 Å². The first-order chi connectivity index (χ1) is 10.0. The minimum absolute atomic E-state index is 0.199. The summed E-state index contributed by atoms with van der Waals surface area (Å²) in [5, 5.41) is 8.79. The first-order valence-corrected chi connectivity index (χ1v) is 7.71. The minimum atomic E-state index is -0.741. The number of carboxylic acids is 1. The van der Waals surface area contributed by atoms with Crippen LogP contribution in [0.1, 0.15) is 45.0 Å². The summed E-state index contributed by atoms with van der Waals surface area (Å²) in [4.78, 5) is 15.4. The number of benzene rings is 1. The molecule has 0 fully saturated rings. The highest BCUT2D eigenvalue weighted by atomic mass is 16.4. The lowest BCUT2D eigenvalue weighted by molar-refractivity contribution is -0.137. The van der Waals surface area contributed by atoms with Crippen LogP contribution in [0.25, 0.3) is 11.0 Å². The van der Waals surface area contributed by atoms with Gasteiger partial charge in [-0.05, 0) is 36.5 Å². The van der Waals surface area contributed by atoms with Crippen molar-refractivity contribution in [2.24, 2.45) is 5.92 Å². The van der Waals surface area contributed by atoms with Gasteiger partial charge in [0.15, 0.2) is 0 Å². The van der Waals surface area contributed by atoms with Crippen LogP contribution in [0.2, 0.25) is 0 Å². The lowest BCUT2D eigenvalue weighted by atomic mass is 10.1. The van der Waals surface area contributed by atoms with Crippen molar-refractivity contribution in [1.82, 2.24) is 9.55 Å². The third-order valence-electron chi connectivity index (χ3n) is 3.64. The number of aryl methyl sites for hydroxylation is 2. The number of fused-ring (bicyclic) bond motifs is 1. The Morgan fingerprint density at radius 1 is 1.38 bits per heavy atom. The molecule has 0 aliphatic heterocycles. The van der Waals surface area contributed by atoms with Gasteiger partial charge in [0.1, 0.15) is 5.82 Å². The number of aromatic nitrogens is 2. The minimum Gasteiger partial charge on any atom is -0.481 e. The van der Waals surface area contributed by atoms with Crippen LogP contribution >= 0.6 is 0 Å². The average molecular weight is 288 g/mol. The predicted octanol–water partition coefficient (Wildman–Crippen LogP) is 3.66. The Morgan fingerprint density at radius 2 is 2.14 bits per heavy atom. The van der Waals surface area contributed by atoms with Gasteiger partial charge < -0.3 is 9.67 Å². The zero-order valence-electron chi connectivity index (χ0n) is 13.1. The van der Waals surface area contributed by atoms with Crippen LogP contribution in [0, 0.1) is 5.92 Å². The van der Waals surface area contributed by atoms with Gasteiger partial charge in [-0.2, -0.15) is 0 Å². The van der Waals surface area contributed by atoms with E-state index in [1.54, 1.807) is 0 Å². The normalized spacial score (nSPS) is 11.4. The molecular formula is C17H24N2O2. The molecule has 4 heteroatoms. The maximum atomic E-state index is 10.7. The van der Waals surface area contributed by atoms with E-state index in [9.17, 15) is 4.79 Å². The Balaban J connectivity index is 2.34. The average Bonchev–Trinajstić information content (AvgIpc) is 2.75. The molecule has 0 atom stereocenters. The molecule has 0 saturated heterocycles. The van der Waals surface area contributed by atoms with Gasteiger partial charge in [0.25, 0.3) is 0 Å². The first-order valence-electron chi connectivity index (χ1n) is 7.71. The zero-order chi connectivity index (χ0) is 15.4. The molecule has 1 aromatic heterocycles. The number of carboxylic acid groups (broad SMARTS) is 1. The molecule has 0 spiro atoms. The Hall–Kier alpha value is -1.84. The van der Waals surface area contributed by atoms with Gasteiger partial charge in [-0.15, -0.1) is 0 Å². The van der Waals surface area contributed by atoms with E-state index in [1.807, 2.05) is 0 Å². The third-order valence-corrected chi connectivity index (χ3v) is 3.64. The van der Waals surface area contributed by atoms with E-state index in [2.05, 4.69) is 43.5 Å². The van der Waals surface area contributed by atoms with Crippen LogP contribution in [0.15, 0.2) is 18.2 Å². The fourth-order valence-corrected chi connectivity index (χ4v) is 2.60. The van der Waals surface area contributed by atoms with E-state index >= 15 is 0 Å². The molecule has 0 radical (unpaired) electrons. The molecule has 2 rings (SSSR count). The van der Waals surface area contributed by atoms with E-state index in [0.29, 0.717) is 12.3 Å². The number of carbonyl (C=O) groups is 1. The van der Waals surface area contributed by atoms with Crippen molar-refractivity contribution in [3.05, 3.63) is 29.6 Å². The topological polar surface area (TPSA) is 55.1 Å². The summed E-state index contributed by atoms with van der Waals surface area (Å²) in [7, 11) is 0. The molecule has 0 amide bonds. The van der Waals surface area contributed by atoms with Gasteiger partial charge in [0, 0.05) is 19.4 Å². The second-order valence-electron chi connectivity index (χ2n) is 5.96. The van der Waals surface area contributed by atoms with E-state index in [4.69, 9.17) is 10.1 Å². The molecule has 0 aliphatic rings. The van der Waals surface area contributed by atoms with Gasteiger partial charge in [-0.3, -0.25) is 4.79 Å². The van der Waals surface area contributed by atoms with E-state index in [-0.39, 0.29) is 6.42 Å². The number of rotatable bonds is 7. The second kappa shape index (κ2) is 6.74. The SMILES string of the molecule is CCc1ccc2c(c1)nc(CCCC(=O)O)n2CC(C)C. The third kappa shape index (κ3) is 3.84. The highest BCUT2D eigenvalue weighted by molar-refractivity contribution is 5.77. The summed E-state index contributed by atoms with van der Waals surface area (Å²) in [6, 6.07) is 6.44. The fraction of sp³-hybridized carbons (Fsp3) is 0.529. The molecule has 0 unspecified atom stereocenters. The molecule has 2 aromatic rings. The molecule has 114 valence electrons. The van der Waals surface area contributed by atoms with Crippen LogP contribution < -0.4 is 0 Å². The number of hydrogen-bond acceptors (Lipinski definition) is 2. The van der Waals surface area contributed by atoms with Crippen LogP contribution in [0.5, 0.6) is 0 Å². The molecule has 4 nitrogen and oxygen atoms in total. The van der Waals surface area contributed by atoms with Gasteiger partial charge in [-0.25, -0.2) is 4.98 Å². The number of imidazole rings is 1. The molecule has 1 aromatic carbocycles. The standard InChI is InChI=1S/C17H24N2O2/c1-4-13-8-9-15-14(10-13)18-16(6-5-7-17(20)21)19(15)11-12(2)3/h8-10,12H,4-7,11H2,1-3H3,(H,20,21). The van der Waals surface area contributed by atoms with Gasteiger partial charge in [-0.1, -0.05) is 26.8 Å². The van der Waals surface area contributed by atoms with Crippen molar-refractivity contribution in [2.45, 2.75) is 53.0 Å². The summed E-state index contributed by atoms with van der Waals surface area (Å²) in [6.45, 7) is 7.44. The quantitative estimate of drug-likeness (QED) is 0.846. The Labute approximate surface area is 125 Å². The smallest absolute Gasteiger partial charge is 0.303 e. The van der Waals surface area contributed by atoms with Crippen LogP contribution in [-0.2, 0) is 24.2 Å². The summed E-state index contributed by atoms with van der Waals surface area (Å²) >= 11 is 0. The summed E-state index contributed by atoms with van der Waals surface area (Å²) in [6.07, 6.45) is 2.55. The molecule has 21 heavy (non-hydrogen) atoms. The second-order valence-corrected chi connectivity index (χ2v) is 5.96. The molecule has 1 N–H and O–H groups in total. The Morgan fingerprint density at radius 3 is 2.76 bits per heavy atom. The van der Waals surface area contributed by atoms with E-state index in [0.717, 1.165) is 36.2 Å². The lowest BCUT2D eigenvalue weighted by Crippen LogP contribution is -2.09. The Kier molecular flexibility index (Phi) is 4.99. The van der Waals surface area contributed by atoms with Gasteiger partial charge in [0.05, 0.1) is 11.0 Å². The monoisotopic (exact) mass is 288 g/mol. The van der Waals surface area contributed by atoms with Gasteiger partial charge >= 0.3 is 5.97 Å². The molecule has 1 heterocycles. The van der Waals surface area contributed by atoms with Gasteiger partial charge in [0.2, 0.25) is 0 Å². The molecular weight excluding hydrogens is 264 g/mol. The van der Waals surface area contributed by atoms with Crippen molar-refractivity contribution >= 4 is 17.0 Å². The van der Waals surface area contributed by atoms with Crippen LogP contribution in [0.4, 0.5) is 0 Å². The van der Waals surface area contributed by atoms with Crippen molar-refractivity contribution in [3.8, 4) is 0 Å². The number of nitrogens with zero attached hydrogens (tertiary/aromatic N) is 2. The van der Waals surface area contributed by atoms with Crippen molar-refractivity contribution in [2.75, 3.05) is 0 Å². The van der Waals surface area contributed by atoms with Crippen molar-refractivity contribution in [3.63, 3.8) is 0 Å². The maximum absolute atomic E-state index is 10.7. The predicted molar refractivity (Wildman–Crippen MR) is 84.5 cm³/mol. The van der Waals surface area contributed by atoms with E-state index < -0.39 is 5.97 Å². The maximum Gasteiger partial charge on any atom is 0.303 e. The highest BCUT2D eigenvalue weighted by Crippen LogP contribution is 2.21. The summed E-state index contributed by atoms with van der Waals surface area (Å²) < 4.78 is 2.25. The van der Waals surface area contributed by atoms with E-state index in [1.165, 1.54) is 5.56 Å². The summed E-state index contributed by atoms with van der Waals surface area (Å²) in [5.41, 5.74) is 3.47. The molecule has 0 aliphatic carbocycles.